The molecule has 0 spiro atoms. The molecule has 2 aromatic rings. The van der Waals surface area contributed by atoms with Crippen LogP contribution < -0.4 is 11.1 Å². The van der Waals surface area contributed by atoms with Gasteiger partial charge < -0.3 is 21.3 Å². The van der Waals surface area contributed by atoms with Gasteiger partial charge in [0.2, 0.25) is 0 Å². The Hall–Kier alpha value is -2.69. The van der Waals surface area contributed by atoms with E-state index in [2.05, 4.69) is 5.32 Å². The van der Waals surface area contributed by atoms with Crippen LogP contribution in [0.2, 0.25) is 0 Å². The third-order valence-electron chi connectivity index (χ3n) is 3.10. The highest BCUT2D eigenvalue weighted by molar-refractivity contribution is 6.05. The SMILES string of the molecule is Cc1cc(C)c(NC(=O)c2ccc(O)c(O)c2)cc1N. The van der Waals surface area contributed by atoms with Crippen molar-refractivity contribution in [1.82, 2.24) is 0 Å². The lowest BCUT2D eigenvalue weighted by atomic mass is 10.1. The second-order valence-electron chi connectivity index (χ2n) is 4.68. The molecule has 0 saturated heterocycles. The van der Waals surface area contributed by atoms with Crippen LogP contribution in [0, 0.1) is 13.8 Å². The monoisotopic (exact) mass is 272 g/mol. The van der Waals surface area contributed by atoms with E-state index >= 15 is 0 Å². The lowest BCUT2D eigenvalue weighted by Crippen LogP contribution is -2.13. The second kappa shape index (κ2) is 5.13. The number of phenolic OH excluding ortho intramolecular Hbond substituents is 2. The summed E-state index contributed by atoms with van der Waals surface area (Å²) >= 11 is 0. The number of hydrogen-bond acceptors (Lipinski definition) is 4. The molecule has 2 rings (SSSR count). The molecule has 0 bridgehead atoms. The number of hydrogen-bond donors (Lipinski definition) is 4. The Morgan fingerprint density at radius 1 is 1.05 bits per heavy atom. The minimum absolute atomic E-state index is 0.249. The first-order valence-corrected chi connectivity index (χ1v) is 6.08. The van der Waals surface area contributed by atoms with Crippen molar-refractivity contribution in [3.8, 4) is 11.5 Å². The van der Waals surface area contributed by atoms with E-state index in [0.29, 0.717) is 11.4 Å². The van der Waals surface area contributed by atoms with Crippen LogP contribution in [0.1, 0.15) is 21.5 Å². The Labute approximate surface area is 116 Å². The van der Waals surface area contributed by atoms with Crippen molar-refractivity contribution in [2.45, 2.75) is 13.8 Å². The molecule has 104 valence electrons. The summed E-state index contributed by atoms with van der Waals surface area (Å²) in [5.74, 6) is -0.984. The highest BCUT2D eigenvalue weighted by Gasteiger charge is 2.11. The number of anilines is 2. The first-order valence-electron chi connectivity index (χ1n) is 6.08. The molecule has 0 saturated carbocycles. The highest BCUT2D eigenvalue weighted by atomic mass is 16.3. The third-order valence-corrected chi connectivity index (χ3v) is 3.10. The molecular formula is C15H16N2O3. The molecule has 0 heterocycles. The Bertz CT molecular complexity index is 681. The Balaban J connectivity index is 2.27. The van der Waals surface area contributed by atoms with Gasteiger partial charge in [0, 0.05) is 16.9 Å². The van der Waals surface area contributed by atoms with Crippen LogP contribution in [0.3, 0.4) is 0 Å². The molecule has 0 radical (unpaired) electrons. The summed E-state index contributed by atoms with van der Waals surface area (Å²) in [6.07, 6.45) is 0. The maximum Gasteiger partial charge on any atom is 0.255 e. The van der Waals surface area contributed by atoms with Crippen molar-refractivity contribution in [2.24, 2.45) is 0 Å². The van der Waals surface area contributed by atoms with E-state index in [-0.39, 0.29) is 23.0 Å². The zero-order valence-corrected chi connectivity index (χ0v) is 11.3. The van der Waals surface area contributed by atoms with Gasteiger partial charge in [-0.3, -0.25) is 4.79 Å². The van der Waals surface area contributed by atoms with Crippen LogP contribution in [0.15, 0.2) is 30.3 Å². The summed E-state index contributed by atoms with van der Waals surface area (Å²) in [5, 5.41) is 21.4. The smallest absolute Gasteiger partial charge is 0.255 e. The van der Waals surface area contributed by atoms with E-state index < -0.39 is 0 Å². The Morgan fingerprint density at radius 2 is 1.75 bits per heavy atom. The quantitative estimate of drug-likeness (QED) is 0.499. The molecule has 0 aliphatic heterocycles. The number of phenols is 2. The van der Waals surface area contributed by atoms with Crippen LogP contribution in [-0.4, -0.2) is 16.1 Å². The molecule has 0 unspecified atom stereocenters. The Morgan fingerprint density at radius 3 is 2.40 bits per heavy atom. The van der Waals surface area contributed by atoms with Crippen molar-refractivity contribution in [2.75, 3.05) is 11.1 Å². The van der Waals surface area contributed by atoms with Gasteiger partial charge in [-0.15, -0.1) is 0 Å². The van der Waals surface area contributed by atoms with E-state index in [9.17, 15) is 15.0 Å². The first-order chi connectivity index (χ1) is 9.38. The number of carbonyl (C=O) groups is 1. The van der Waals surface area contributed by atoms with E-state index in [4.69, 9.17) is 5.73 Å². The first kappa shape index (κ1) is 13.7. The number of aromatic hydroxyl groups is 2. The molecule has 20 heavy (non-hydrogen) atoms. The fraction of sp³-hybridized carbons (Fsp3) is 0.133. The van der Waals surface area contributed by atoms with Crippen LogP contribution in [0.25, 0.3) is 0 Å². The highest BCUT2D eigenvalue weighted by Crippen LogP contribution is 2.26. The Kier molecular flexibility index (Phi) is 3.52. The van der Waals surface area contributed by atoms with Crippen molar-refractivity contribution in [1.29, 1.82) is 0 Å². The maximum absolute atomic E-state index is 12.1. The molecule has 1 amide bonds. The van der Waals surface area contributed by atoms with E-state index in [1.165, 1.54) is 18.2 Å². The number of amides is 1. The lowest BCUT2D eigenvalue weighted by molar-refractivity contribution is 0.102. The fourth-order valence-corrected chi connectivity index (χ4v) is 1.86. The van der Waals surface area contributed by atoms with Crippen molar-refractivity contribution in [3.63, 3.8) is 0 Å². The maximum atomic E-state index is 12.1. The van der Waals surface area contributed by atoms with Gasteiger partial charge in [-0.25, -0.2) is 0 Å². The summed E-state index contributed by atoms with van der Waals surface area (Å²) < 4.78 is 0. The molecule has 0 aromatic heterocycles. The van der Waals surface area contributed by atoms with Gasteiger partial charge in [0.1, 0.15) is 0 Å². The molecule has 0 fully saturated rings. The minimum atomic E-state index is -0.383. The molecule has 0 atom stereocenters. The molecule has 5 nitrogen and oxygen atoms in total. The lowest BCUT2D eigenvalue weighted by Gasteiger charge is -2.11. The predicted octanol–water partition coefficient (Wildman–Crippen LogP) is 2.55. The van der Waals surface area contributed by atoms with Gasteiger partial charge in [-0.2, -0.15) is 0 Å². The zero-order valence-electron chi connectivity index (χ0n) is 11.3. The largest absolute Gasteiger partial charge is 0.504 e. The van der Waals surface area contributed by atoms with Crippen LogP contribution >= 0.6 is 0 Å². The van der Waals surface area contributed by atoms with Gasteiger partial charge in [-0.1, -0.05) is 6.07 Å². The number of nitrogens with two attached hydrogens (primary N) is 1. The van der Waals surface area contributed by atoms with Crippen LogP contribution in [-0.2, 0) is 0 Å². The summed E-state index contributed by atoms with van der Waals surface area (Å²) in [5.41, 5.74) is 9.13. The van der Waals surface area contributed by atoms with Crippen LogP contribution in [0.4, 0.5) is 11.4 Å². The average molecular weight is 272 g/mol. The van der Waals surface area contributed by atoms with E-state index in [0.717, 1.165) is 11.1 Å². The van der Waals surface area contributed by atoms with Gasteiger partial charge in [0.05, 0.1) is 0 Å². The van der Waals surface area contributed by atoms with Gasteiger partial charge in [-0.05, 0) is 49.2 Å². The van der Waals surface area contributed by atoms with E-state index in [1.54, 1.807) is 6.07 Å². The summed E-state index contributed by atoms with van der Waals surface area (Å²) in [6, 6.07) is 7.48. The van der Waals surface area contributed by atoms with Crippen LogP contribution in [0.5, 0.6) is 11.5 Å². The number of carbonyl (C=O) groups excluding carboxylic acids is 1. The number of nitrogen functional groups attached to an aromatic ring is 1. The molecule has 5 N–H and O–H groups in total. The molecule has 2 aromatic carbocycles. The summed E-state index contributed by atoms with van der Waals surface area (Å²) in [7, 11) is 0. The molecule has 0 aliphatic rings. The number of benzene rings is 2. The third kappa shape index (κ3) is 2.66. The predicted molar refractivity (Wildman–Crippen MR) is 78.1 cm³/mol. The van der Waals surface area contributed by atoms with Gasteiger partial charge in [0.15, 0.2) is 11.5 Å². The standard InChI is InChI=1S/C15H16N2O3/c1-8-5-9(2)12(7-11(8)16)17-15(20)10-3-4-13(18)14(19)6-10/h3-7,18-19H,16H2,1-2H3,(H,17,20). The second-order valence-corrected chi connectivity index (χ2v) is 4.68. The zero-order chi connectivity index (χ0) is 14.9. The summed E-state index contributed by atoms with van der Waals surface area (Å²) in [4.78, 5) is 12.1. The van der Waals surface area contributed by atoms with Gasteiger partial charge >= 0.3 is 0 Å². The van der Waals surface area contributed by atoms with Crippen molar-refractivity contribution >= 4 is 17.3 Å². The fourth-order valence-electron chi connectivity index (χ4n) is 1.86. The molecular weight excluding hydrogens is 256 g/mol. The molecule has 5 heteroatoms. The minimum Gasteiger partial charge on any atom is -0.504 e. The van der Waals surface area contributed by atoms with Gasteiger partial charge in [0.25, 0.3) is 5.91 Å². The molecule has 0 aliphatic carbocycles. The van der Waals surface area contributed by atoms with E-state index in [1.807, 2.05) is 19.9 Å². The normalized spacial score (nSPS) is 10.3. The van der Waals surface area contributed by atoms with Crippen molar-refractivity contribution in [3.05, 3.63) is 47.0 Å². The number of rotatable bonds is 2. The van der Waals surface area contributed by atoms with Crippen molar-refractivity contribution < 1.29 is 15.0 Å². The number of aryl methyl sites for hydroxylation is 2. The number of nitrogens with one attached hydrogen (secondary N) is 1. The topological polar surface area (TPSA) is 95.6 Å². The average Bonchev–Trinajstić information content (AvgIpc) is 2.39. The summed E-state index contributed by atoms with van der Waals surface area (Å²) in [6.45, 7) is 3.77.